The zero-order chi connectivity index (χ0) is 22.0. The maximum atomic E-state index is 10.7. The predicted octanol–water partition coefficient (Wildman–Crippen LogP) is 4.63. The lowest BCUT2D eigenvalue weighted by atomic mass is 10.1. The summed E-state index contributed by atoms with van der Waals surface area (Å²) >= 11 is 12.5. The average Bonchev–Trinajstić information content (AvgIpc) is 3.14. The van der Waals surface area contributed by atoms with E-state index in [9.17, 15) is 5.11 Å². The molecule has 3 aromatic rings. The van der Waals surface area contributed by atoms with Gasteiger partial charge in [-0.3, -0.25) is 4.98 Å². The number of aliphatic hydroxyl groups is 1. The molecule has 0 unspecified atom stereocenters. The average molecular weight is 458 g/mol. The lowest BCUT2D eigenvalue weighted by Gasteiger charge is -2.21. The highest BCUT2D eigenvalue weighted by molar-refractivity contribution is 6.36. The first kappa shape index (κ1) is 21.8. The molecule has 1 fully saturated rings. The molecule has 1 aromatic carbocycles. The van der Waals surface area contributed by atoms with Gasteiger partial charge in [0.05, 0.1) is 46.1 Å². The molecule has 0 amide bonds. The Labute approximate surface area is 192 Å². The minimum absolute atomic E-state index is 0.158. The van der Waals surface area contributed by atoms with E-state index >= 15 is 0 Å². The van der Waals surface area contributed by atoms with Gasteiger partial charge in [-0.2, -0.15) is 0 Å². The molecule has 4 rings (SSSR count). The summed E-state index contributed by atoms with van der Waals surface area (Å²) in [7, 11) is 0. The monoisotopic (exact) mass is 457 g/mol. The van der Waals surface area contributed by atoms with Gasteiger partial charge in [0, 0.05) is 29.9 Å². The lowest BCUT2D eigenvalue weighted by Crippen LogP contribution is -2.33. The van der Waals surface area contributed by atoms with Gasteiger partial charge in [-0.05, 0) is 43.2 Å². The van der Waals surface area contributed by atoms with E-state index in [1.807, 2.05) is 44.3 Å². The third-order valence-electron chi connectivity index (χ3n) is 5.52. The van der Waals surface area contributed by atoms with Crippen LogP contribution >= 0.6 is 23.2 Å². The molecule has 2 N–H and O–H groups in total. The van der Waals surface area contributed by atoms with E-state index in [0.717, 1.165) is 28.3 Å². The Kier molecular flexibility index (Phi) is 6.60. The van der Waals surface area contributed by atoms with Crippen LogP contribution in [-0.4, -0.2) is 45.3 Å². The first-order valence-electron chi connectivity index (χ1n) is 10.4. The van der Waals surface area contributed by atoms with Crippen LogP contribution in [-0.2, 0) is 12.8 Å². The van der Waals surface area contributed by atoms with Crippen LogP contribution in [0.3, 0.4) is 0 Å². The predicted molar refractivity (Wildman–Crippen MR) is 126 cm³/mol. The molecular weight excluding hydrogens is 433 g/mol. The number of benzene rings is 1. The number of pyridine rings is 1. The van der Waals surface area contributed by atoms with Crippen LogP contribution in [0.5, 0.6) is 0 Å². The zero-order valence-electron chi connectivity index (χ0n) is 17.5. The molecule has 1 aliphatic rings. The second-order valence-electron chi connectivity index (χ2n) is 7.58. The molecule has 0 aliphatic carbocycles. The Bertz CT molecular complexity index is 1060. The molecule has 31 heavy (non-hydrogen) atoms. The Morgan fingerprint density at radius 1 is 1.10 bits per heavy atom. The minimum Gasteiger partial charge on any atom is -0.389 e. The fraction of sp³-hybridized carbons (Fsp3) is 0.348. The summed E-state index contributed by atoms with van der Waals surface area (Å²) in [5.74, 6) is 0.713. The molecule has 0 radical (unpaired) electrons. The van der Waals surface area contributed by atoms with Crippen molar-refractivity contribution in [3.8, 4) is 11.3 Å². The normalized spacial score (nSPS) is 18.4. The van der Waals surface area contributed by atoms with Crippen molar-refractivity contribution >= 4 is 34.7 Å². The number of aromatic nitrogens is 3. The van der Waals surface area contributed by atoms with Gasteiger partial charge in [0.2, 0.25) is 0 Å². The Hall–Kier alpha value is -2.41. The molecule has 0 bridgehead atoms. The molecule has 6 nitrogen and oxygen atoms in total. The molecule has 1 saturated heterocycles. The smallest absolute Gasteiger partial charge is 0.148 e. The number of anilines is 2. The molecule has 3 heterocycles. The topological polar surface area (TPSA) is 74.2 Å². The maximum absolute atomic E-state index is 10.7. The zero-order valence-corrected chi connectivity index (χ0v) is 19.0. The lowest BCUT2D eigenvalue weighted by molar-refractivity contribution is 0.186. The van der Waals surface area contributed by atoms with Crippen LogP contribution in [0.4, 0.5) is 11.5 Å². The van der Waals surface area contributed by atoms with E-state index in [4.69, 9.17) is 33.2 Å². The van der Waals surface area contributed by atoms with Crippen molar-refractivity contribution in [1.29, 1.82) is 0 Å². The summed E-state index contributed by atoms with van der Waals surface area (Å²) in [6, 6.07) is 9.15. The summed E-state index contributed by atoms with van der Waals surface area (Å²) in [6.07, 6.45) is 4.44. The van der Waals surface area contributed by atoms with Gasteiger partial charge in [0.1, 0.15) is 5.82 Å². The summed E-state index contributed by atoms with van der Waals surface area (Å²) in [4.78, 5) is 16.1. The largest absolute Gasteiger partial charge is 0.389 e. The van der Waals surface area contributed by atoms with Crippen LogP contribution in [0.1, 0.15) is 25.2 Å². The van der Waals surface area contributed by atoms with Gasteiger partial charge >= 0.3 is 0 Å². The van der Waals surface area contributed by atoms with Crippen LogP contribution in [0.2, 0.25) is 10.0 Å². The highest BCUT2D eigenvalue weighted by Crippen LogP contribution is 2.33. The Morgan fingerprint density at radius 2 is 1.90 bits per heavy atom. The summed E-state index contributed by atoms with van der Waals surface area (Å²) in [5, 5.41) is 15.3. The van der Waals surface area contributed by atoms with Gasteiger partial charge in [-0.25, -0.2) is 9.97 Å². The van der Waals surface area contributed by atoms with Crippen molar-refractivity contribution in [1.82, 2.24) is 15.0 Å². The number of hydrogen-bond donors (Lipinski definition) is 2. The fourth-order valence-electron chi connectivity index (χ4n) is 3.87. The van der Waals surface area contributed by atoms with Gasteiger partial charge in [0.25, 0.3) is 0 Å². The molecule has 1 aliphatic heterocycles. The first-order valence-corrected chi connectivity index (χ1v) is 11.2. The molecule has 0 saturated carbocycles. The highest BCUT2D eigenvalue weighted by atomic mass is 35.5. The van der Waals surface area contributed by atoms with E-state index in [1.54, 1.807) is 12.3 Å². The van der Waals surface area contributed by atoms with Crippen LogP contribution in [0, 0.1) is 0 Å². The SMILES string of the molecule is CCc1nc(-c2ccc(Cl)cc2Cl)c(CC)nc1N[C@@H]1CN(c2cccnc2)C[C@@H]1O. The maximum Gasteiger partial charge on any atom is 0.148 e. The second kappa shape index (κ2) is 9.39. The van der Waals surface area contributed by atoms with Crippen molar-refractivity contribution < 1.29 is 5.11 Å². The summed E-state index contributed by atoms with van der Waals surface area (Å²) in [6.45, 7) is 5.28. The third kappa shape index (κ3) is 4.61. The number of halogens is 2. The Balaban J connectivity index is 1.63. The highest BCUT2D eigenvalue weighted by Gasteiger charge is 2.32. The standard InChI is InChI=1S/C23H25Cl2N5O/c1-3-18-22(16-8-7-14(24)10-17(16)25)27-19(4-2)23(28-18)29-20-12-30(13-21(20)31)15-6-5-9-26-11-15/h5-11,20-21,31H,3-4,12-13H2,1-2H3,(H,28,29)/t20-,21+/m1/s1. The van der Waals surface area contributed by atoms with Crippen LogP contribution in [0.25, 0.3) is 11.3 Å². The number of nitrogens with zero attached hydrogens (tertiary/aromatic N) is 4. The quantitative estimate of drug-likeness (QED) is 0.561. The number of β-amino-alcohol motifs (C(OH)–C–C–N with tert-alkyl or cyclic N) is 1. The molecule has 162 valence electrons. The summed E-state index contributed by atoms with van der Waals surface area (Å²) in [5.41, 5.74) is 4.27. The van der Waals surface area contributed by atoms with Crippen LogP contribution in [0.15, 0.2) is 42.7 Å². The number of aliphatic hydroxyl groups excluding tert-OH is 1. The van der Waals surface area contributed by atoms with Crippen molar-refractivity contribution in [2.24, 2.45) is 0 Å². The number of rotatable bonds is 6. The van der Waals surface area contributed by atoms with Gasteiger partial charge < -0.3 is 15.3 Å². The van der Waals surface area contributed by atoms with Crippen LogP contribution < -0.4 is 10.2 Å². The van der Waals surface area contributed by atoms with E-state index in [-0.39, 0.29) is 6.04 Å². The van der Waals surface area contributed by atoms with E-state index in [0.29, 0.717) is 41.8 Å². The van der Waals surface area contributed by atoms with E-state index < -0.39 is 6.10 Å². The molecule has 0 spiro atoms. The number of hydrogen-bond acceptors (Lipinski definition) is 6. The number of aryl methyl sites for hydroxylation is 2. The van der Waals surface area contributed by atoms with Gasteiger partial charge in [0.15, 0.2) is 0 Å². The van der Waals surface area contributed by atoms with E-state index in [2.05, 4.69) is 15.2 Å². The van der Waals surface area contributed by atoms with Crippen molar-refractivity contribution in [2.45, 2.75) is 38.8 Å². The molecule has 8 heteroatoms. The van der Waals surface area contributed by atoms with E-state index in [1.165, 1.54) is 0 Å². The third-order valence-corrected chi connectivity index (χ3v) is 6.07. The summed E-state index contributed by atoms with van der Waals surface area (Å²) < 4.78 is 0. The number of nitrogens with one attached hydrogen (secondary N) is 1. The molecular formula is C23H25Cl2N5O. The van der Waals surface area contributed by atoms with Gasteiger partial charge in [-0.15, -0.1) is 0 Å². The van der Waals surface area contributed by atoms with Gasteiger partial charge in [-0.1, -0.05) is 37.0 Å². The fourth-order valence-corrected chi connectivity index (χ4v) is 4.36. The molecule has 2 aromatic heterocycles. The first-order chi connectivity index (χ1) is 15.0. The Morgan fingerprint density at radius 3 is 2.58 bits per heavy atom. The minimum atomic E-state index is -0.526. The van der Waals surface area contributed by atoms with Crippen molar-refractivity contribution in [3.63, 3.8) is 0 Å². The van der Waals surface area contributed by atoms with Crippen molar-refractivity contribution in [3.05, 3.63) is 64.2 Å². The van der Waals surface area contributed by atoms with Crippen molar-refractivity contribution in [2.75, 3.05) is 23.3 Å². The molecule has 2 atom stereocenters. The second-order valence-corrected chi connectivity index (χ2v) is 8.42.